The minimum absolute atomic E-state index is 0.208. The van der Waals surface area contributed by atoms with E-state index < -0.39 is 0 Å². The van der Waals surface area contributed by atoms with Crippen molar-refractivity contribution < 1.29 is 14.6 Å². The highest BCUT2D eigenvalue weighted by Crippen LogP contribution is 2.32. The molecule has 0 bridgehead atoms. The van der Waals surface area contributed by atoms with Crippen molar-refractivity contribution in [2.75, 3.05) is 11.9 Å². The first-order valence-corrected chi connectivity index (χ1v) is 7.65. The van der Waals surface area contributed by atoms with Crippen molar-refractivity contribution in [3.8, 4) is 5.75 Å². The summed E-state index contributed by atoms with van der Waals surface area (Å²) in [5.74, 6) is 0.00545. The summed E-state index contributed by atoms with van der Waals surface area (Å²) >= 11 is 0. The highest BCUT2D eigenvalue weighted by Gasteiger charge is 2.25. The molecule has 0 radical (unpaired) electrons. The minimum Gasteiger partial charge on any atom is -0.508 e. The van der Waals surface area contributed by atoms with Gasteiger partial charge < -0.3 is 15.2 Å². The summed E-state index contributed by atoms with van der Waals surface area (Å²) in [6.07, 6.45) is 2.42. The van der Waals surface area contributed by atoms with Crippen LogP contribution in [0.4, 0.5) is 5.69 Å². The van der Waals surface area contributed by atoms with Crippen molar-refractivity contribution >= 4 is 22.6 Å². The Hall–Kier alpha value is -2.30. The summed E-state index contributed by atoms with van der Waals surface area (Å²) in [4.78, 5) is 16.7. The van der Waals surface area contributed by atoms with Crippen LogP contribution < -0.4 is 5.32 Å². The van der Waals surface area contributed by atoms with Gasteiger partial charge in [-0.2, -0.15) is 0 Å². The third kappa shape index (κ3) is 2.58. The Labute approximate surface area is 129 Å². The lowest BCUT2D eigenvalue weighted by atomic mass is 10.0. The second-order valence-corrected chi connectivity index (χ2v) is 5.60. The van der Waals surface area contributed by atoms with E-state index in [2.05, 4.69) is 10.3 Å². The molecule has 1 aliphatic rings. The maximum atomic E-state index is 12.0. The monoisotopic (exact) mass is 300 g/mol. The quantitative estimate of drug-likeness (QED) is 0.834. The van der Waals surface area contributed by atoms with Gasteiger partial charge in [-0.05, 0) is 50.8 Å². The molecule has 1 atom stereocenters. The number of phenolic OH excluding ortho intramolecular Hbond substituents is 1. The molecule has 2 N–H and O–H groups in total. The number of esters is 1. The van der Waals surface area contributed by atoms with Gasteiger partial charge in [-0.1, -0.05) is 0 Å². The molecule has 0 fully saturated rings. The Kier molecular flexibility index (Phi) is 3.88. The molecule has 1 aromatic heterocycles. The lowest BCUT2D eigenvalue weighted by Gasteiger charge is -2.19. The van der Waals surface area contributed by atoms with Crippen LogP contribution in [0.3, 0.4) is 0 Å². The van der Waals surface area contributed by atoms with Crippen LogP contribution >= 0.6 is 0 Å². The predicted molar refractivity (Wildman–Crippen MR) is 85.1 cm³/mol. The number of anilines is 1. The van der Waals surface area contributed by atoms with E-state index in [-0.39, 0.29) is 17.8 Å². The number of fused-ring (bicyclic) bond motifs is 2. The first-order chi connectivity index (χ1) is 10.6. The van der Waals surface area contributed by atoms with Crippen LogP contribution in [-0.2, 0) is 16.0 Å². The van der Waals surface area contributed by atoms with Crippen LogP contribution in [0.25, 0.3) is 10.9 Å². The van der Waals surface area contributed by atoms with Gasteiger partial charge in [0, 0.05) is 11.5 Å². The maximum absolute atomic E-state index is 12.0. The Morgan fingerprint density at radius 3 is 3.09 bits per heavy atom. The van der Waals surface area contributed by atoms with Crippen LogP contribution in [0.5, 0.6) is 5.75 Å². The SMILES string of the molecule is CCOC(=O)C1CCCc2nc3cc(O)ccc3c(C)c2N1. The number of hydrogen-bond acceptors (Lipinski definition) is 5. The van der Waals surface area contributed by atoms with Gasteiger partial charge in [-0.3, -0.25) is 4.98 Å². The number of hydrogen-bond donors (Lipinski definition) is 2. The first-order valence-electron chi connectivity index (χ1n) is 7.65. The molecule has 0 spiro atoms. The van der Waals surface area contributed by atoms with Gasteiger partial charge in [0.05, 0.1) is 23.5 Å². The number of phenols is 1. The number of carbonyl (C=O) groups excluding carboxylic acids is 1. The second kappa shape index (κ2) is 5.83. The molecule has 2 aromatic rings. The fourth-order valence-electron chi connectivity index (χ4n) is 2.99. The molecule has 3 rings (SSSR count). The van der Waals surface area contributed by atoms with E-state index in [0.717, 1.165) is 47.1 Å². The highest BCUT2D eigenvalue weighted by molar-refractivity contribution is 5.90. The number of ether oxygens (including phenoxy) is 1. The topological polar surface area (TPSA) is 71.5 Å². The van der Waals surface area contributed by atoms with Crippen molar-refractivity contribution in [2.45, 2.75) is 39.2 Å². The zero-order valence-corrected chi connectivity index (χ0v) is 12.8. The smallest absolute Gasteiger partial charge is 0.328 e. The number of benzene rings is 1. The molecule has 1 aliphatic heterocycles. The van der Waals surface area contributed by atoms with Crippen molar-refractivity contribution in [3.63, 3.8) is 0 Å². The fraction of sp³-hybridized carbons (Fsp3) is 0.412. The van der Waals surface area contributed by atoms with E-state index >= 15 is 0 Å². The fourth-order valence-corrected chi connectivity index (χ4v) is 2.99. The van der Waals surface area contributed by atoms with Crippen molar-refractivity contribution in [2.24, 2.45) is 0 Å². The summed E-state index contributed by atoms with van der Waals surface area (Å²) in [6.45, 7) is 4.22. The van der Waals surface area contributed by atoms with Crippen molar-refractivity contribution in [3.05, 3.63) is 29.5 Å². The van der Waals surface area contributed by atoms with Crippen LogP contribution in [-0.4, -0.2) is 28.7 Å². The molecule has 22 heavy (non-hydrogen) atoms. The van der Waals surface area contributed by atoms with Crippen LogP contribution in [0.2, 0.25) is 0 Å². The summed E-state index contributed by atoms with van der Waals surface area (Å²) in [7, 11) is 0. The number of nitrogens with one attached hydrogen (secondary N) is 1. The molecular formula is C17H20N2O3. The number of aromatic hydroxyl groups is 1. The Morgan fingerprint density at radius 2 is 2.32 bits per heavy atom. The van der Waals surface area contributed by atoms with Gasteiger partial charge in [0.25, 0.3) is 0 Å². The maximum Gasteiger partial charge on any atom is 0.328 e. The van der Waals surface area contributed by atoms with E-state index in [0.29, 0.717) is 6.61 Å². The number of aromatic nitrogens is 1. The molecule has 2 heterocycles. The molecule has 0 amide bonds. The third-order valence-corrected chi connectivity index (χ3v) is 4.10. The summed E-state index contributed by atoms with van der Waals surface area (Å²) in [5.41, 5.74) is 3.71. The lowest BCUT2D eigenvalue weighted by molar-refractivity contribution is -0.144. The summed E-state index contributed by atoms with van der Waals surface area (Å²) in [5, 5.41) is 13.9. The normalized spacial score (nSPS) is 17.5. The molecule has 5 heteroatoms. The first kappa shape index (κ1) is 14.6. The number of pyridine rings is 1. The van der Waals surface area contributed by atoms with Crippen LogP contribution in [0.15, 0.2) is 18.2 Å². The van der Waals surface area contributed by atoms with E-state index in [1.54, 1.807) is 12.1 Å². The van der Waals surface area contributed by atoms with E-state index in [1.165, 1.54) is 0 Å². The minimum atomic E-state index is -0.323. The number of rotatable bonds is 2. The average molecular weight is 300 g/mol. The van der Waals surface area contributed by atoms with Crippen molar-refractivity contribution in [1.29, 1.82) is 0 Å². The van der Waals surface area contributed by atoms with Gasteiger partial charge in [0.2, 0.25) is 0 Å². The number of carbonyl (C=O) groups is 1. The molecule has 0 saturated heterocycles. The standard InChI is InChI=1S/C17H20N2O3/c1-3-22-17(21)14-6-4-5-13-16(19-14)10(2)12-8-7-11(20)9-15(12)18-13/h7-9,14,19-20H,3-6H2,1-2H3. The van der Waals surface area contributed by atoms with E-state index in [4.69, 9.17) is 4.74 Å². The molecular weight excluding hydrogens is 280 g/mol. The summed E-state index contributed by atoms with van der Waals surface area (Å²) in [6, 6.07) is 4.87. The summed E-state index contributed by atoms with van der Waals surface area (Å²) < 4.78 is 5.14. The van der Waals surface area contributed by atoms with Gasteiger partial charge in [0.1, 0.15) is 11.8 Å². The van der Waals surface area contributed by atoms with Crippen LogP contribution in [0, 0.1) is 6.92 Å². The molecule has 1 aromatic carbocycles. The Bertz CT molecular complexity index is 727. The molecule has 116 valence electrons. The largest absolute Gasteiger partial charge is 0.508 e. The lowest BCUT2D eigenvalue weighted by Crippen LogP contribution is -2.31. The zero-order chi connectivity index (χ0) is 15.7. The molecule has 1 unspecified atom stereocenters. The van der Waals surface area contributed by atoms with Gasteiger partial charge >= 0.3 is 5.97 Å². The predicted octanol–water partition coefficient (Wildman–Crippen LogP) is 2.93. The van der Waals surface area contributed by atoms with Crippen molar-refractivity contribution in [1.82, 2.24) is 4.98 Å². The number of nitrogens with zero attached hydrogens (tertiary/aromatic N) is 1. The van der Waals surface area contributed by atoms with E-state index in [1.807, 2.05) is 19.9 Å². The zero-order valence-electron chi connectivity index (χ0n) is 12.8. The molecule has 5 nitrogen and oxygen atoms in total. The number of aryl methyl sites for hydroxylation is 2. The van der Waals surface area contributed by atoms with Crippen LogP contribution in [0.1, 0.15) is 31.0 Å². The van der Waals surface area contributed by atoms with Gasteiger partial charge in [0.15, 0.2) is 0 Å². The van der Waals surface area contributed by atoms with Gasteiger partial charge in [-0.15, -0.1) is 0 Å². The second-order valence-electron chi connectivity index (χ2n) is 5.60. The van der Waals surface area contributed by atoms with E-state index in [9.17, 15) is 9.90 Å². The highest BCUT2D eigenvalue weighted by atomic mass is 16.5. The molecule has 0 aliphatic carbocycles. The third-order valence-electron chi connectivity index (χ3n) is 4.10. The molecule has 0 saturated carbocycles. The average Bonchev–Trinajstić information content (AvgIpc) is 2.70. The Balaban J connectivity index is 2.05. The van der Waals surface area contributed by atoms with Gasteiger partial charge in [-0.25, -0.2) is 4.79 Å². The Morgan fingerprint density at radius 1 is 1.50 bits per heavy atom.